The Hall–Kier alpha value is -3.87. The molecule has 0 unspecified atom stereocenters. The second kappa shape index (κ2) is 9.61. The average Bonchev–Trinajstić information content (AvgIpc) is 3.67. The van der Waals surface area contributed by atoms with Crippen LogP contribution in [0.25, 0.3) is 42.2 Å². The molecule has 0 aliphatic carbocycles. The van der Waals surface area contributed by atoms with Gasteiger partial charge in [-0.1, -0.05) is 38.2 Å². The van der Waals surface area contributed by atoms with E-state index in [1.807, 2.05) is 49.2 Å². The monoisotopic (exact) mass is 578 g/mol. The first-order valence-electron chi connectivity index (χ1n) is 15.2. The van der Waals surface area contributed by atoms with E-state index in [9.17, 15) is 0 Å². The molecule has 1 aliphatic rings. The van der Waals surface area contributed by atoms with Crippen molar-refractivity contribution < 1.29 is 8.85 Å². The summed E-state index contributed by atoms with van der Waals surface area (Å²) in [5, 5.41) is 7.65. The first kappa shape index (κ1) is 22.8. The average molecular weight is 579 g/mol. The van der Waals surface area contributed by atoms with E-state index in [0.717, 1.165) is 43.5 Å². The maximum Gasteiger partial charge on any atom is 0.182 e. The van der Waals surface area contributed by atoms with Gasteiger partial charge >= 0.3 is 0 Å². The minimum Gasteiger partial charge on any atom is -0.447 e. The Morgan fingerprint density at radius 1 is 0.902 bits per heavy atom. The lowest BCUT2D eigenvalue weighted by Gasteiger charge is -2.21. The Balaban J connectivity index is 1.32. The minimum absolute atomic E-state index is 0.00209. The van der Waals surface area contributed by atoms with Gasteiger partial charge in [-0.05, 0) is 94.9 Å². The van der Waals surface area contributed by atoms with Crippen molar-refractivity contribution in [2.24, 2.45) is 0 Å². The summed E-state index contributed by atoms with van der Waals surface area (Å²) >= 11 is 3.38. The second-order valence-electron chi connectivity index (χ2n) is 11.7. The number of ether oxygens (including phenoxy) is 1. The number of rotatable bonds is 4. The molecule has 0 fully saturated rings. The molecule has 41 heavy (non-hydrogen) atoms. The molecule has 3 aromatic carbocycles. The highest BCUT2D eigenvalue weighted by Gasteiger charge is 2.23. The number of anilines is 1. The third-order valence-electron chi connectivity index (χ3n) is 8.03. The predicted octanol–water partition coefficient (Wildman–Crippen LogP) is 10.4. The van der Waals surface area contributed by atoms with Crippen LogP contribution in [0.1, 0.15) is 44.3 Å². The first-order valence-corrected chi connectivity index (χ1v) is 15.4. The summed E-state index contributed by atoms with van der Waals surface area (Å²) in [7, 11) is 0. The lowest BCUT2D eigenvalue weighted by atomic mass is 9.86. The molecule has 3 aromatic heterocycles. The fraction of sp³-hybridized carbons (Fsp3) is 0.229. The number of benzene rings is 3. The summed E-state index contributed by atoms with van der Waals surface area (Å²) in [5.41, 5.74) is 5.88. The molecular formula is C35H33N3OS2. The van der Waals surface area contributed by atoms with Gasteiger partial charge in [0.15, 0.2) is 5.06 Å². The highest BCUT2D eigenvalue weighted by Crippen LogP contribution is 2.45. The fourth-order valence-electron chi connectivity index (χ4n) is 5.54. The molecule has 0 saturated carbocycles. The summed E-state index contributed by atoms with van der Waals surface area (Å²) in [4.78, 5) is 8.37. The van der Waals surface area contributed by atoms with Crippen molar-refractivity contribution in [2.45, 2.75) is 40.0 Å². The molecule has 206 valence electrons. The van der Waals surface area contributed by atoms with Crippen molar-refractivity contribution in [3.63, 3.8) is 0 Å². The molecule has 6 aromatic rings. The summed E-state index contributed by atoms with van der Waals surface area (Å²) in [6.07, 6.45) is 1.92. The van der Waals surface area contributed by atoms with Crippen LogP contribution in [0.15, 0.2) is 89.7 Å². The fourth-order valence-corrected chi connectivity index (χ4v) is 7.35. The van der Waals surface area contributed by atoms with Gasteiger partial charge < -0.3 is 14.5 Å². The van der Waals surface area contributed by atoms with Crippen molar-refractivity contribution in [3.05, 3.63) is 95.3 Å². The van der Waals surface area contributed by atoms with Crippen LogP contribution in [0.4, 0.5) is 5.69 Å². The van der Waals surface area contributed by atoms with E-state index in [1.54, 1.807) is 22.7 Å². The highest BCUT2D eigenvalue weighted by molar-refractivity contribution is 7.21. The number of pyridine rings is 1. The SMILES string of the molecule is [2H]C([2H])([2H])N1CN(c2cccc(Oc3cc4c(-c5cc(C(C)(C)C)ccn5)c5cc6ccsc6cc5cc4s3)c2)C(C)=C1C. The molecule has 0 radical (unpaired) electrons. The van der Waals surface area contributed by atoms with E-state index >= 15 is 0 Å². The Labute approximate surface area is 253 Å². The van der Waals surface area contributed by atoms with Gasteiger partial charge in [0.05, 0.1) is 12.4 Å². The topological polar surface area (TPSA) is 28.6 Å². The molecule has 0 atom stereocenters. The van der Waals surface area contributed by atoms with Gasteiger partial charge in [0.25, 0.3) is 0 Å². The van der Waals surface area contributed by atoms with Gasteiger partial charge in [-0.15, -0.1) is 11.3 Å². The third-order valence-corrected chi connectivity index (χ3v) is 9.87. The van der Waals surface area contributed by atoms with Crippen LogP contribution in [0.2, 0.25) is 0 Å². The highest BCUT2D eigenvalue weighted by atomic mass is 32.1. The Bertz CT molecular complexity index is 2100. The quantitative estimate of drug-likeness (QED) is 0.208. The molecule has 6 heteroatoms. The smallest absolute Gasteiger partial charge is 0.182 e. The van der Waals surface area contributed by atoms with Crippen LogP contribution in [-0.2, 0) is 5.41 Å². The number of aromatic nitrogens is 1. The van der Waals surface area contributed by atoms with E-state index in [4.69, 9.17) is 13.8 Å². The van der Waals surface area contributed by atoms with Crippen LogP contribution in [-0.4, -0.2) is 23.5 Å². The molecule has 1 aliphatic heterocycles. The molecule has 7 rings (SSSR count). The minimum atomic E-state index is -2.19. The van der Waals surface area contributed by atoms with Gasteiger partial charge in [-0.3, -0.25) is 4.98 Å². The van der Waals surface area contributed by atoms with E-state index in [1.165, 1.54) is 31.3 Å². The second-order valence-corrected chi connectivity index (χ2v) is 13.7. The van der Waals surface area contributed by atoms with E-state index in [0.29, 0.717) is 5.75 Å². The van der Waals surface area contributed by atoms with Gasteiger partial charge in [-0.2, -0.15) is 0 Å². The zero-order valence-electron chi connectivity index (χ0n) is 26.8. The molecule has 4 heterocycles. The standard InChI is InChI=1S/C35H33N3OS2/c1-21-22(2)38(20-37(21)6)26-8-7-9-27(18-26)39-33-19-29-32(41-33)16-24-15-31-23(11-13-40-31)14-28(24)34(29)30-17-25(10-12-36-30)35(3,4)5/h7-19H,20H2,1-6H3/i6D3. The lowest BCUT2D eigenvalue weighted by Crippen LogP contribution is -2.24. The van der Waals surface area contributed by atoms with Crippen LogP contribution >= 0.6 is 22.7 Å². The molecule has 4 nitrogen and oxygen atoms in total. The molecule has 0 N–H and O–H groups in total. The van der Waals surface area contributed by atoms with Crippen molar-refractivity contribution in [3.8, 4) is 22.1 Å². The maximum atomic E-state index is 7.92. The summed E-state index contributed by atoms with van der Waals surface area (Å²) in [6, 6.07) is 23.3. The van der Waals surface area contributed by atoms with Crippen LogP contribution < -0.4 is 9.64 Å². The Morgan fingerprint density at radius 2 is 1.76 bits per heavy atom. The zero-order chi connectivity index (χ0) is 31.0. The number of allylic oxidation sites excluding steroid dienone is 2. The van der Waals surface area contributed by atoms with Crippen LogP contribution in [0, 0.1) is 0 Å². The molecule has 0 amide bonds. The van der Waals surface area contributed by atoms with Crippen molar-refractivity contribution in [2.75, 3.05) is 18.5 Å². The summed E-state index contributed by atoms with van der Waals surface area (Å²) < 4.78 is 32.7. The Kier molecular flexibility index (Phi) is 5.34. The Morgan fingerprint density at radius 3 is 2.56 bits per heavy atom. The van der Waals surface area contributed by atoms with Crippen molar-refractivity contribution in [1.82, 2.24) is 9.88 Å². The van der Waals surface area contributed by atoms with Crippen molar-refractivity contribution >= 4 is 59.3 Å². The van der Waals surface area contributed by atoms with Crippen LogP contribution in [0.5, 0.6) is 10.8 Å². The number of hydrogen-bond donors (Lipinski definition) is 0. The van der Waals surface area contributed by atoms with Gasteiger partial charge in [0, 0.05) is 66.8 Å². The van der Waals surface area contributed by atoms with Crippen LogP contribution in [0.3, 0.4) is 0 Å². The summed E-state index contributed by atoms with van der Waals surface area (Å²) in [5.74, 6) is 0.700. The molecule has 0 bridgehead atoms. The largest absolute Gasteiger partial charge is 0.447 e. The van der Waals surface area contributed by atoms with E-state index in [2.05, 4.69) is 68.6 Å². The number of thiophene rings is 2. The van der Waals surface area contributed by atoms with Gasteiger partial charge in [0.2, 0.25) is 0 Å². The predicted molar refractivity (Wildman–Crippen MR) is 177 cm³/mol. The van der Waals surface area contributed by atoms with Gasteiger partial charge in [-0.25, -0.2) is 0 Å². The van der Waals surface area contributed by atoms with E-state index in [-0.39, 0.29) is 12.1 Å². The summed E-state index contributed by atoms with van der Waals surface area (Å²) in [6.45, 7) is 8.58. The van der Waals surface area contributed by atoms with E-state index < -0.39 is 6.98 Å². The normalized spacial score (nSPS) is 15.7. The van der Waals surface area contributed by atoms with Crippen molar-refractivity contribution in [1.29, 1.82) is 0 Å². The van der Waals surface area contributed by atoms with Gasteiger partial charge in [0.1, 0.15) is 5.75 Å². The number of fused-ring (bicyclic) bond motifs is 3. The number of hydrogen-bond acceptors (Lipinski definition) is 6. The first-order chi connectivity index (χ1) is 20.9. The lowest BCUT2D eigenvalue weighted by molar-refractivity contribution is 0.459. The maximum absolute atomic E-state index is 7.92. The molecule has 0 spiro atoms. The zero-order valence-corrected chi connectivity index (χ0v) is 25.4. The molecular weight excluding hydrogens is 543 g/mol. The molecule has 0 saturated heterocycles. The third kappa shape index (κ3) is 4.55. The number of nitrogens with zero attached hydrogens (tertiary/aromatic N) is 3.